The van der Waals surface area contributed by atoms with E-state index in [1.807, 2.05) is 24.3 Å². The van der Waals surface area contributed by atoms with E-state index in [4.69, 9.17) is 23.3 Å². The maximum atomic E-state index is 14.8. The first kappa shape index (κ1) is 73.7. The summed E-state index contributed by atoms with van der Waals surface area (Å²) in [6, 6.07) is 13.8. The van der Waals surface area contributed by atoms with Crippen molar-refractivity contribution in [2.75, 3.05) is 19.7 Å². The molecular formula is C70H77F4LiN8O15. The van der Waals surface area contributed by atoms with E-state index in [9.17, 15) is 61.0 Å². The summed E-state index contributed by atoms with van der Waals surface area (Å²) in [6.07, 6.45) is 15.3. The molecule has 4 aliphatic heterocycles. The van der Waals surface area contributed by atoms with Crippen LogP contribution in [0.3, 0.4) is 0 Å². The van der Waals surface area contributed by atoms with Gasteiger partial charge in [0.05, 0.1) is 64.7 Å². The molecular weight excluding hydrogens is 1280 g/mol. The van der Waals surface area contributed by atoms with Crippen molar-refractivity contribution in [2.45, 2.75) is 172 Å². The second kappa shape index (κ2) is 31.1. The SMILES string of the molecule is CC(F)(F)c1nc2ccccc2nc1O[C@@H]1C[C@H]2C(=O)C[C@]3(C(=O)O)C[C@H]3/C=C\CCCCC[C@H](CC(=O)c3ccon3)C(=O)N2C1.CCOC(=O)[C@]12CC(=O)[C@@H]3C[C@@H](Oc4nc5ccccc5nc4C(C)(F)F)CN3C(=O)[C@@H](CC(=O)c3ccon3)CCCCC/C=C\[C@@H]1C2.[Li+].[OH-]. The molecule has 12 rings (SSSR count). The Morgan fingerprint density at radius 1 is 0.602 bits per heavy atom. The van der Waals surface area contributed by atoms with Crippen LogP contribution in [0.15, 0.2) is 107 Å². The largest absolute Gasteiger partial charge is 1.00 e. The van der Waals surface area contributed by atoms with Gasteiger partial charge in [-0.2, -0.15) is 17.6 Å². The molecule has 0 bridgehead atoms. The molecule has 2 saturated heterocycles. The summed E-state index contributed by atoms with van der Waals surface area (Å²) in [4.78, 5) is 128. The third kappa shape index (κ3) is 16.6. The van der Waals surface area contributed by atoms with Crippen molar-refractivity contribution in [3.63, 3.8) is 0 Å². The maximum Gasteiger partial charge on any atom is 1.00 e. The second-order valence-electron chi connectivity index (χ2n) is 26.3. The Morgan fingerprint density at radius 3 is 1.41 bits per heavy atom. The van der Waals surface area contributed by atoms with Crippen molar-refractivity contribution in [1.29, 1.82) is 0 Å². The molecule has 4 fully saturated rings. The van der Waals surface area contributed by atoms with Crippen LogP contribution in [0, 0.1) is 34.5 Å². The monoisotopic (exact) mass is 1350 g/mol. The molecule has 10 atom stereocenters. The van der Waals surface area contributed by atoms with Gasteiger partial charge in [-0.15, -0.1) is 0 Å². The molecule has 2 amide bonds. The zero-order chi connectivity index (χ0) is 68.1. The second-order valence-corrected chi connectivity index (χ2v) is 26.3. The number of carbonyl (C=O) groups excluding carboxylic acids is 7. The van der Waals surface area contributed by atoms with Crippen LogP contribution >= 0.6 is 0 Å². The number of carbonyl (C=O) groups is 8. The average Bonchev–Trinajstić information content (AvgIpc) is 1.57. The number of hydrogen-bond donors (Lipinski definition) is 1. The number of rotatable bonds is 15. The molecule has 8 heterocycles. The first-order valence-corrected chi connectivity index (χ1v) is 32.9. The molecule has 6 aromatic rings. The van der Waals surface area contributed by atoms with Crippen LogP contribution in [0.4, 0.5) is 17.6 Å². The summed E-state index contributed by atoms with van der Waals surface area (Å²) >= 11 is 0. The first-order chi connectivity index (χ1) is 46.0. The fraction of sp³-hybridized carbons (Fsp3) is 0.514. The average molecular weight is 1350 g/mol. The third-order valence-corrected chi connectivity index (χ3v) is 19.2. The smallest absolute Gasteiger partial charge is 0.870 e. The Labute approximate surface area is 573 Å². The Kier molecular flexibility index (Phi) is 23.4. The summed E-state index contributed by atoms with van der Waals surface area (Å²) in [5.74, 6) is -13.6. The van der Waals surface area contributed by atoms with E-state index in [1.165, 1.54) is 34.5 Å². The molecule has 23 nitrogen and oxygen atoms in total. The molecule has 2 aliphatic carbocycles. The van der Waals surface area contributed by atoms with Gasteiger partial charge in [0.25, 0.3) is 11.8 Å². The van der Waals surface area contributed by atoms with Gasteiger partial charge >= 0.3 is 30.8 Å². The number of aliphatic carboxylic acids is 1. The molecule has 2 saturated carbocycles. The Bertz CT molecular complexity index is 3960. The minimum absolute atomic E-state index is 0. The van der Waals surface area contributed by atoms with Gasteiger partial charge in [-0.1, -0.05) is 84.6 Å². The molecule has 516 valence electrons. The molecule has 0 radical (unpaired) electrons. The number of aromatic nitrogens is 6. The van der Waals surface area contributed by atoms with Crippen LogP contribution in [-0.4, -0.2) is 142 Å². The van der Waals surface area contributed by atoms with Crippen LogP contribution in [0.1, 0.15) is 169 Å². The number of amides is 2. The van der Waals surface area contributed by atoms with Crippen LogP contribution in [0.25, 0.3) is 22.1 Å². The van der Waals surface area contributed by atoms with E-state index < -0.39 is 106 Å². The Morgan fingerprint density at radius 2 is 1.01 bits per heavy atom. The molecule has 4 aromatic heterocycles. The number of alkyl halides is 4. The van der Waals surface area contributed by atoms with E-state index in [0.29, 0.717) is 63.4 Å². The summed E-state index contributed by atoms with van der Waals surface area (Å²) < 4.78 is 86.4. The Hall–Kier alpha value is -8.54. The fourth-order valence-electron chi connectivity index (χ4n) is 13.9. The van der Waals surface area contributed by atoms with Gasteiger partial charge in [-0.3, -0.25) is 38.4 Å². The number of benzene rings is 2. The zero-order valence-electron chi connectivity index (χ0n) is 55.0. The number of carboxylic acids is 1. The van der Waals surface area contributed by atoms with Crippen molar-refractivity contribution < 1.29 is 109 Å². The minimum Gasteiger partial charge on any atom is -0.870 e. The topological polar surface area (TPSA) is 325 Å². The summed E-state index contributed by atoms with van der Waals surface area (Å²) in [5.41, 5.74) is -2.25. The number of ether oxygens (including phenoxy) is 3. The van der Waals surface area contributed by atoms with Crippen molar-refractivity contribution >= 4 is 69.0 Å². The van der Waals surface area contributed by atoms with Gasteiger partial charge in [-0.25, -0.2) is 19.9 Å². The zero-order valence-corrected chi connectivity index (χ0v) is 55.0. The third-order valence-electron chi connectivity index (χ3n) is 19.2. The van der Waals surface area contributed by atoms with E-state index in [1.54, 1.807) is 55.5 Å². The summed E-state index contributed by atoms with van der Waals surface area (Å²) in [7, 11) is 0. The Balaban J connectivity index is 0.000000225. The molecule has 2 N–H and O–H groups in total. The van der Waals surface area contributed by atoms with Gasteiger partial charge in [0.1, 0.15) is 36.1 Å². The van der Waals surface area contributed by atoms with E-state index in [-0.39, 0.29) is 140 Å². The molecule has 0 spiro atoms. The normalized spacial score (nSPS) is 26.8. The molecule has 98 heavy (non-hydrogen) atoms. The number of carboxylic acid groups (broad SMARTS) is 1. The minimum atomic E-state index is -3.41. The number of ketones is 4. The predicted octanol–water partition coefficient (Wildman–Crippen LogP) is 8.38. The van der Waals surface area contributed by atoms with E-state index >= 15 is 0 Å². The number of fused-ring (bicyclic) bond motifs is 6. The van der Waals surface area contributed by atoms with Crippen molar-refractivity contribution in [3.8, 4) is 11.8 Å². The summed E-state index contributed by atoms with van der Waals surface area (Å²) in [6.45, 7) is 3.01. The molecule has 28 heteroatoms. The van der Waals surface area contributed by atoms with Gasteiger partial charge in [0.15, 0.2) is 34.5 Å². The number of allylic oxidation sites excluding steroid dienone is 4. The predicted molar refractivity (Wildman–Crippen MR) is 336 cm³/mol. The number of hydrogen-bond acceptors (Lipinski definition) is 20. The van der Waals surface area contributed by atoms with E-state index in [0.717, 1.165) is 38.5 Å². The van der Waals surface area contributed by atoms with Crippen molar-refractivity contribution in [2.24, 2.45) is 34.5 Å². The molecule has 6 aliphatic rings. The first-order valence-electron chi connectivity index (χ1n) is 32.9. The van der Waals surface area contributed by atoms with Crippen LogP contribution < -0.4 is 28.3 Å². The fourth-order valence-corrected chi connectivity index (χ4v) is 13.9. The number of Topliss-reactive ketones (excluding diaryl/α,β-unsaturated/α-hetero) is 4. The van der Waals surface area contributed by atoms with Crippen LogP contribution in [0.2, 0.25) is 0 Å². The van der Waals surface area contributed by atoms with Gasteiger partial charge in [0, 0.05) is 76.3 Å². The quantitative estimate of drug-likeness (QED) is 0.0331. The van der Waals surface area contributed by atoms with Crippen molar-refractivity contribution in [1.82, 2.24) is 40.0 Å². The van der Waals surface area contributed by atoms with E-state index in [2.05, 4.69) is 30.2 Å². The maximum absolute atomic E-state index is 14.8. The number of nitrogens with zero attached hydrogens (tertiary/aromatic N) is 8. The number of halogens is 4. The van der Waals surface area contributed by atoms with Crippen LogP contribution in [-0.2, 0) is 45.3 Å². The summed E-state index contributed by atoms with van der Waals surface area (Å²) in [5, 5.41) is 17.6. The number of para-hydroxylation sites is 4. The van der Waals surface area contributed by atoms with Gasteiger partial charge < -0.3 is 43.6 Å². The van der Waals surface area contributed by atoms with Gasteiger partial charge in [0.2, 0.25) is 23.6 Å². The van der Waals surface area contributed by atoms with Crippen molar-refractivity contribution in [3.05, 3.63) is 120 Å². The number of esters is 1. The molecule has 2 aromatic carbocycles. The van der Waals surface area contributed by atoms with Crippen LogP contribution in [0.5, 0.6) is 11.8 Å². The standard InChI is InChI=1S/C36H40F2N4O7.C34H36F2N4O7.Li.H2O/c1-3-47-34(46)36-19-23(36)12-8-6-4-5-7-11-22(17-29(43)27-15-16-48-41-27)33(45)42-21-24(18-28(42)30(44)20-36)49-32-31(35(2,37)38)39-25-13-9-10-14-26(25)40-32;1-33(35,36)29-30(38-24-12-8-7-11-23(24)37-29)47-22-16-26-28(42)18-34(32(44)45)17-21(34)10-6-4-2-3-5-9-20(31(43)40(26)19-22)15-27(41)25-13-14-46-39-25;;/h8-10,12-16,22-24,28H,3-7,11,17-21H2,1-2H3;6-8,10-14,20-22,26H,2-5,9,15-19H2,1H3,(H,44,45);;1H2/q;;+1;/p-1/b12-8-;10-6-;;/t22-,23-,24-,28+,36-;20-,21-,22-,26+,34-;;/m11../s1. The van der Waals surface area contributed by atoms with Gasteiger partial charge in [-0.05, 0) is 94.4 Å². The molecule has 0 unspecified atom stereocenters.